The van der Waals surface area contributed by atoms with E-state index < -0.39 is 6.10 Å². The maximum absolute atomic E-state index is 12.6. The first-order chi connectivity index (χ1) is 10.6. The molecule has 1 aromatic rings. The summed E-state index contributed by atoms with van der Waals surface area (Å²) >= 11 is 5.96. The van der Waals surface area contributed by atoms with Gasteiger partial charge in [-0.05, 0) is 24.6 Å². The van der Waals surface area contributed by atoms with Gasteiger partial charge in [-0.1, -0.05) is 30.7 Å². The Hall–Kier alpha value is -1.52. The van der Waals surface area contributed by atoms with Crippen molar-refractivity contribution in [3.8, 4) is 5.75 Å². The van der Waals surface area contributed by atoms with E-state index in [1.807, 2.05) is 30.0 Å². The van der Waals surface area contributed by atoms with Crippen LogP contribution in [0.4, 0.5) is 0 Å². The van der Waals surface area contributed by atoms with Gasteiger partial charge in [0.1, 0.15) is 5.75 Å². The van der Waals surface area contributed by atoms with E-state index in [0.717, 1.165) is 32.7 Å². The quantitative estimate of drug-likeness (QED) is 0.755. The maximum atomic E-state index is 12.6. The molecule has 120 valence electrons. The maximum Gasteiger partial charge on any atom is 0.263 e. The van der Waals surface area contributed by atoms with Crippen LogP contribution in [-0.4, -0.2) is 54.5 Å². The molecule has 1 fully saturated rings. The number of carbonyl (C=O) groups excluding carboxylic acids is 1. The molecule has 1 aromatic carbocycles. The summed E-state index contributed by atoms with van der Waals surface area (Å²) in [5, 5.41) is 0.609. The van der Waals surface area contributed by atoms with Crippen LogP contribution in [0.15, 0.2) is 36.9 Å². The molecule has 1 aliphatic heterocycles. The van der Waals surface area contributed by atoms with E-state index in [1.54, 1.807) is 12.1 Å². The van der Waals surface area contributed by atoms with Crippen LogP contribution in [0.1, 0.15) is 13.3 Å². The number of halogens is 1. The number of hydrogen-bond acceptors (Lipinski definition) is 3. The molecule has 0 N–H and O–H groups in total. The lowest BCUT2D eigenvalue weighted by molar-refractivity contribution is -0.140. The first kappa shape index (κ1) is 16.8. The van der Waals surface area contributed by atoms with E-state index in [4.69, 9.17) is 16.3 Å². The van der Waals surface area contributed by atoms with Crippen molar-refractivity contribution in [2.24, 2.45) is 0 Å². The predicted molar refractivity (Wildman–Crippen MR) is 89.4 cm³/mol. The molecule has 5 heteroatoms. The Bertz CT molecular complexity index is 513. The third-order valence-corrected chi connectivity index (χ3v) is 4.03. The van der Waals surface area contributed by atoms with Gasteiger partial charge >= 0.3 is 0 Å². The highest BCUT2D eigenvalue weighted by Gasteiger charge is 2.27. The summed E-state index contributed by atoms with van der Waals surface area (Å²) in [6.07, 6.45) is 2.08. The van der Waals surface area contributed by atoms with Gasteiger partial charge in [0.25, 0.3) is 5.91 Å². The molecule has 0 bridgehead atoms. The summed E-state index contributed by atoms with van der Waals surface area (Å²) in [6, 6.07) is 7.17. The van der Waals surface area contributed by atoms with Gasteiger partial charge in [-0.15, -0.1) is 6.58 Å². The lowest BCUT2D eigenvalue weighted by Gasteiger charge is -2.35. The third-order valence-electron chi connectivity index (χ3n) is 3.79. The molecular weight excluding hydrogens is 300 g/mol. The second-order valence-electron chi connectivity index (χ2n) is 5.39. The summed E-state index contributed by atoms with van der Waals surface area (Å²) in [5.74, 6) is 0.693. The molecule has 1 atom stereocenters. The minimum Gasteiger partial charge on any atom is -0.481 e. The van der Waals surface area contributed by atoms with Crippen LogP contribution in [0.25, 0.3) is 0 Å². The molecular formula is C17H23ClN2O2. The summed E-state index contributed by atoms with van der Waals surface area (Å²) < 4.78 is 5.83. The zero-order valence-corrected chi connectivity index (χ0v) is 13.8. The van der Waals surface area contributed by atoms with Crippen molar-refractivity contribution < 1.29 is 9.53 Å². The fraction of sp³-hybridized carbons (Fsp3) is 0.471. The summed E-state index contributed by atoms with van der Waals surface area (Å²) in [5.41, 5.74) is 0. The lowest BCUT2D eigenvalue weighted by Crippen LogP contribution is -2.52. The highest BCUT2D eigenvalue weighted by Crippen LogP contribution is 2.20. The van der Waals surface area contributed by atoms with Gasteiger partial charge in [0.15, 0.2) is 6.10 Å². The molecule has 0 aliphatic carbocycles. The van der Waals surface area contributed by atoms with Crippen LogP contribution in [0.2, 0.25) is 5.02 Å². The summed E-state index contributed by atoms with van der Waals surface area (Å²) in [7, 11) is 0. The van der Waals surface area contributed by atoms with Gasteiger partial charge in [-0.25, -0.2) is 0 Å². The third kappa shape index (κ3) is 4.49. The molecule has 22 heavy (non-hydrogen) atoms. The zero-order chi connectivity index (χ0) is 15.9. The number of rotatable bonds is 6. The van der Waals surface area contributed by atoms with Gasteiger partial charge in [0.2, 0.25) is 0 Å². The van der Waals surface area contributed by atoms with Crippen LogP contribution in [0.5, 0.6) is 5.75 Å². The summed E-state index contributed by atoms with van der Waals surface area (Å²) in [6.45, 7) is 9.82. The van der Waals surface area contributed by atoms with Gasteiger partial charge in [-0.3, -0.25) is 9.69 Å². The molecule has 0 radical (unpaired) electrons. The van der Waals surface area contributed by atoms with Gasteiger partial charge < -0.3 is 9.64 Å². The second kappa shape index (κ2) is 8.20. The SMILES string of the molecule is C=CCN1CCN(C(=O)[C@@H](CC)Oc2cccc(Cl)c2)CC1. The molecule has 0 saturated carbocycles. The Morgan fingerprint density at radius 3 is 2.73 bits per heavy atom. The molecule has 0 unspecified atom stereocenters. The van der Waals surface area contributed by atoms with E-state index >= 15 is 0 Å². The minimum atomic E-state index is -0.454. The largest absolute Gasteiger partial charge is 0.481 e. The molecule has 1 aliphatic rings. The van der Waals surface area contributed by atoms with E-state index in [0.29, 0.717) is 17.2 Å². The first-order valence-corrected chi connectivity index (χ1v) is 8.06. The Balaban J connectivity index is 1.93. The van der Waals surface area contributed by atoms with Crippen LogP contribution in [0, 0.1) is 0 Å². The molecule has 1 saturated heterocycles. The number of amides is 1. The zero-order valence-electron chi connectivity index (χ0n) is 13.0. The van der Waals surface area contributed by atoms with Crippen molar-refractivity contribution in [1.82, 2.24) is 9.80 Å². The average Bonchev–Trinajstić information content (AvgIpc) is 2.53. The average molecular weight is 323 g/mol. The van der Waals surface area contributed by atoms with E-state index in [9.17, 15) is 4.79 Å². The number of piperazine rings is 1. The smallest absolute Gasteiger partial charge is 0.263 e. The standard InChI is InChI=1S/C17H23ClN2O2/c1-3-8-19-9-11-20(12-10-19)17(21)16(4-2)22-15-7-5-6-14(18)13-15/h3,5-7,13,16H,1,4,8-12H2,2H3/t16-/m1/s1. The van der Waals surface area contributed by atoms with Crippen molar-refractivity contribution >= 4 is 17.5 Å². The van der Waals surface area contributed by atoms with Crippen LogP contribution < -0.4 is 4.74 Å². The number of benzene rings is 1. The van der Waals surface area contributed by atoms with E-state index in [1.165, 1.54) is 0 Å². The predicted octanol–water partition coefficient (Wildman–Crippen LogP) is 2.83. The topological polar surface area (TPSA) is 32.8 Å². The fourth-order valence-corrected chi connectivity index (χ4v) is 2.73. The Morgan fingerprint density at radius 2 is 2.14 bits per heavy atom. The van der Waals surface area contributed by atoms with Crippen LogP contribution in [0.3, 0.4) is 0 Å². The second-order valence-corrected chi connectivity index (χ2v) is 5.82. The molecule has 4 nitrogen and oxygen atoms in total. The van der Waals surface area contributed by atoms with Crippen molar-refractivity contribution in [2.45, 2.75) is 19.4 Å². The first-order valence-electron chi connectivity index (χ1n) is 7.68. The van der Waals surface area contributed by atoms with E-state index in [2.05, 4.69) is 11.5 Å². The Labute approximate surface area is 137 Å². The number of carbonyl (C=O) groups is 1. The van der Waals surface area contributed by atoms with Crippen molar-refractivity contribution in [3.63, 3.8) is 0 Å². The molecule has 1 heterocycles. The van der Waals surface area contributed by atoms with Gasteiger partial charge in [-0.2, -0.15) is 0 Å². The molecule has 2 rings (SSSR count). The molecule has 0 aromatic heterocycles. The number of nitrogens with zero attached hydrogens (tertiary/aromatic N) is 2. The van der Waals surface area contributed by atoms with Crippen molar-refractivity contribution in [2.75, 3.05) is 32.7 Å². The normalized spacial score (nSPS) is 17.1. The van der Waals surface area contributed by atoms with Crippen LogP contribution in [-0.2, 0) is 4.79 Å². The van der Waals surface area contributed by atoms with Gasteiger partial charge in [0, 0.05) is 37.7 Å². The highest BCUT2D eigenvalue weighted by atomic mass is 35.5. The molecule has 1 amide bonds. The number of hydrogen-bond donors (Lipinski definition) is 0. The Morgan fingerprint density at radius 1 is 1.41 bits per heavy atom. The Kier molecular flexibility index (Phi) is 6.28. The van der Waals surface area contributed by atoms with Crippen molar-refractivity contribution in [3.05, 3.63) is 41.9 Å². The molecule has 0 spiro atoms. The number of ether oxygens (including phenoxy) is 1. The van der Waals surface area contributed by atoms with Crippen molar-refractivity contribution in [1.29, 1.82) is 0 Å². The van der Waals surface area contributed by atoms with E-state index in [-0.39, 0.29) is 5.91 Å². The lowest BCUT2D eigenvalue weighted by atomic mass is 10.2. The fourth-order valence-electron chi connectivity index (χ4n) is 2.55. The highest BCUT2D eigenvalue weighted by molar-refractivity contribution is 6.30. The van der Waals surface area contributed by atoms with Crippen LogP contribution >= 0.6 is 11.6 Å². The monoisotopic (exact) mass is 322 g/mol. The summed E-state index contributed by atoms with van der Waals surface area (Å²) in [4.78, 5) is 16.8. The minimum absolute atomic E-state index is 0.0562. The van der Waals surface area contributed by atoms with Gasteiger partial charge in [0.05, 0.1) is 0 Å².